The molecule has 0 spiro atoms. The van der Waals surface area contributed by atoms with Crippen LogP contribution in [-0.2, 0) is 20.7 Å². The lowest BCUT2D eigenvalue weighted by Gasteiger charge is -2.22. The van der Waals surface area contributed by atoms with Crippen LogP contribution in [-0.4, -0.2) is 67.6 Å². The van der Waals surface area contributed by atoms with E-state index in [1.165, 1.54) is 29.8 Å². The number of thiazole rings is 1. The molecule has 1 heterocycles. The maximum absolute atomic E-state index is 12.9. The lowest BCUT2D eigenvalue weighted by molar-refractivity contribution is -0.121. The van der Waals surface area contributed by atoms with Gasteiger partial charge in [0.2, 0.25) is 11.8 Å². The summed E-state index contributed by atoms with van der Waals surface area (Å²) in [5.74, 6) is -0.0600. The highest BCUT2D eigenvalue weighted by molar-refractivity contribution is 7.13. The second kappa shape index (κ2) is 13.0. The van der Waals surface area contributed by atoms with E-state index >= 15 is 0 Å². The Bertz CT molecular complexity index is 957. The van der Waals surface area contributed by atoms with Gasteiger partial charge in [-0.05, 0) is 37.1 Å². The predicted molar refractivity (Wildman–Crippen MR) is 130 cm³/mol. The minimum atomic E-state index is -0.370. The summed E-state index contributed by atoms with van der Waals surface area (Å²) in [7, 11) is 3.09. The van der Waals surface area contributed by atoms with Gasteiger partial charge in [0.15, 0.2) is 5.13 Å². The molecule has 2 N–H and O–H groups in total. The lowest BCUT2D eigenvalue weighted by atomic mass is 9.95. The molecule has 1 aromatic heterocycles. The van der Waals surface area contributed by atoms with E-state index in [1.807, 2.05) is 0 Å². The van der Waals surface area contributed by atoms with Crippen LogP contribution in [0.15, 0.2) is 29.6 Å². The number of rotatable bonds is 11. The number of nitrogens with zero attached hydrogens (tertiary/aromatic N) is 2. The van der Waals surface area contributed by atoms with Crippen LogP contribution in [0.25, 0.3) is 0 Å². The molecule has 3 amide bonds. The Kier molecular flexibility index (Phi) is 9.84. The SMILES string of the molecule is COCCN(CC(=O)Nc1nc(CC(=O)NC2CCCCC2)cs1)C(=O)c1ccc(OC)cc1. The first-order chi connectivity index (χ1) is 16.5. The van der Waals surface area contributed by atoms with Gasteiger partial charge in [0.25, 0.3) is 5.91 Å². The average Bonchev–Trinajstić information content (AvgIpc) is 3.28. The average molecular weight is 489 g/mol. The minimum Gasteiger partial charge on any atom is -0.497 e. The molecule has 0 atom stereocenters. The zero-order valence-corrected chi connectivity index (χ0v) is 20.5. The molecule has 0 saturated heterocycles. The van der Waals surface area contributed by atoms with Crippen molar-refractivity contribution in [3.63, 3.8) is 0 Å². The fourth-order valence-corrected chi connectivity index (χ4v) is 4.56. The number of methoxy groups -OCH3 is 2. The molecular weight excluding hydrogens is 456 g/mol. The molecule has 0 unspecified atom stereocenters. The van der Waals surface area contributed by atoms with Crippen LogP contribution >= 0.6 is 11.3 Å². The van der Waals surface area contributed by atoms with Crippen LogP contribution in [0.4, 0.5) is 5.13 Å². The summed E-state index contributed by atoms with van der Waals surface area (Å²) in [5.41, 5.74) is 1.06. The smallest absolute Gasteiger partial charge is 0.254 e. The molecule has 1 fully saturated rings. The van der Waals surface area contributed by atoms with Gasteiger partial charge in [-0.1, -0.05) is 19.3 Å². The van der Waals surface area contributed by atoms with Crippen molar-refractivity contribution in [3.05, 3.63) is 40.9 Å². The van der Waals surface area contributed by atoms with E-state index in [-0.39, 0.29) is 43.3 Å². The number of hydrogen-bond donors (Lipinski definition) is 2. The Balaban J connectivity index is 1.53. The summed E-state index contributed by atoms with van der Waals surface area (Å²) in [6.07, 6.45) is 5.77. The van der Waals surface area contributed by atoms with Crippen molar-refractivity contribution in [2.45, 2.75) is 44.6 Å². The number of hydrogen-bond acceptors (Lipinski definition) is 7. The number of carbonyl (C=O) groups is 3. The third kappa shape index (κ3) is 7.81. The highest BCUT2D eigenvalue weighted by Gasteiger charge is 2.20. The first-order valence-corrected chi connectivity index (χ1v) is 12.3. The van der Waals surface area contributed by atoms with Gasteiger partial charge in [-0.2, -0.15) is 0 Å². The summed E-state index contributed by atoms with van der Waals surface area (Å²) in [4.78, 5) is 43.6. The summed E-state index contributed by atoms with van der Waals surface area (Å²) in [6, 6.07) is 6.96. The van der Waals surface area contributed by atoms with Gasteiger partial charge in [-0.15, -0.1) is 11.3 Å². The van der Waals surface area contributed by atoms with Gasteiger partial charge in [0, 0.05) is 30.6 Å². The van der Waals surface area contributed by atoms with Gasteiger partial charge in [-0.25, -0.2) is 4.98 Å². The number of carbonyl (C=O) groups excluding carboxylic acids is 3. The molecule has 1 aliphatic carbocycles. The van der Waals surface area contributed by atoms with Crippen LogP contribution < -0.4 is 15.4 Å². The molecule has 0 radical (unpaired) electrons. The third-order valence-electron chi connectivity index (χ3n) is 5.63. The number of benzene rings is 1. The van der Waals surface area contributed by atoms with E-state index in [0.717, 1.165) is 25.7 Å². The Morgan fingerprint density at radius 1 is 1.09 bits per heavy atom. The standard InChI is InChI=1S/C24H32N4O5S/c1-32-13-12-28(23(31)17-8-10-20(33-2)11-9-17)15-22(30)27-24-26-19(16-34-24)14-21(29)25-18-6-4-3-5-7-18/h8-11,16,18H,3-7,12-15H2,1-2H3,(H,25,29)(H,26,27,30). The molecule has 1 saturated carbocycles. The molecule has 3 rings (SSSR count). The summed E-state index contributed by atoms with van der Waals surface area (Å²) >= 11 is 1.25. The number of aromatic nitrogens is 1. The van der Waals surface area contributed by atoms with Crippen molar-refractivity contribution in [2.24, 2.45) is 0 Å². The number of amides is 3. The largest absolute Gasteiger partial charge is 0.497 e. The highest BCUT2D eigenvalue weighted by Crippen LogP contribution is 2.19. The first-order valence-electron chi connectivity index (χ1n) is 11.4. The Hall–Kier alpha value is -2.98. The Labute approximate surface area is 203 Å². The van der Waals surface area contributed by atoms with Crippen molar-refractivity contribution in [1.82, 2.24) is 15.2 Å². The second-order valence-electron chi connectivity index (χ2n) is 8.22. The normalized spacial score (nSPS) is 13.8. The van der Waals surface area contributed by atoms with Crippen LogP contribution in [0.5, 0.6) is 5.75 Å². The maximum Gasteiger partial charge on any atom is 0.254 e. The fourth-order valence-electron chi connectivity index (χ4n) is 3.84. The van der Waals surface area contributed by atoms with Gasteiger partial charge in [-0.3, -0.25) is 14.4 Å². The summed E-state index contributed by atoms with van der Waals surface area (Å²) in [6.45, 7) is 0.414. The summed E-state index contributed by atoms with van der Waals surface area (Å²) in [5, 5.41) is 7.97. The van der Waals surface area contributed by atoms with E-state index < -0.39 is 0 Å². The number of ether oxygens (including phenoxy) is 2. The van der Waals surface area contributed by atoms with Gasteiger partial charge in [0.1, 0.15) is 12.3 Å². The zero-order valence-electron chi connectivity index (χ0n) is 19.7. The van der Waals surface area contributed by atoms with Gasteiger partial charge >= 0.3 is 0 Å². The van der Waals surface area contributed by atoms with E-state index in [0.29, 0.717) is 28.7 Å². The van der Waals surface area contributed by atoms with Gasteiger partial charge < -0.3 is 25.0 Å². The van der Waals surface area contributed by atoms with E-state index in [1.54, 1.807) is 36.8 Å². The van der Waals surface area contributed by atoms with Crippen molar-refractivity contribution in [1.29, 1.82) is 0 Å². The van der Waals surface area contributed by atoms with E-state index in [4.69, 9.17) is 9.47 Å². The predicted octanol–water partition coefficient (Wildman–Crippen LogP) is 2.87. The van der Waals surface area contributed by atoms with E-state index in [9.17, 15) is 14.4 Å². The van der Waals surface area contributed by atoms with E-state index in [2.05, 4.69) is 15.6 Å². The van der Waals surface area contributed by atoms with Crippen LogP contribution in [0.3, 0.4) is 0 Å². The molecule has 0 bridgehead atoms. The quantitative estimate of drug-likeness (QED) is 0.503. The van der Waals surface area contributed by atoms with Crippen LogP contribution in [0.2, 0.25) is 0 Å². The van der Waals surface area contributed by atoms with Crippen LogP contribution in [0.1, 0.15) is 48.2 Å². The molecule has 34 heavy (non-hydrogen) atoms. The van der Waals surface area contributed by atoms with Gasteiger partial charge in [0.05, 0.1) is 25.8 Å². The van der Waals surface area contributed by atoms with Crippen molar-refractivity contribution in [3.8, 4) is 5.75 Å². The third-order valence-corrected chi connectivity index (χ3v) is 6.44. The monoisotopic (exact) mass is 488 g/mol. The van der Waals surface area contributed by atoms with Crippen molar-refractivity contribution >= 4 is 34.2 Å². The first kappa shape index (κ1) is 25.6. The number of anilines is 1. The van der Waals surface area contributed by atoms with Crippen molar-refractivity contribution in [2.75, 3.05) is 39.2 Å². The molecule has 9 nitrogen and oxygen atoms in total. The van der Waals surface area contributed by atoms with Crippen molar-refractivity contribution < 1.29 is 23.9 Å². The maximum atomic E-state index is 12.9. The molecule has 0 aliphatic heterocycles. The highest BCUT2D eigenvalue weighted by atomic mass is 32.1. The Morgan fingerprint density at radius 2 is 1.82 bits per heavy atom. The summed E-state index contributed by atoms with van der Waals surface area (Å²) < 4.78 is 10.2. The number of nitrogens with one attached hydrogen (secondary N) is 2. The van der Waals surface area contributed by atoms with Crippen LogP contribution in [0, 0.1) is 0 Å². The molecule has 2 aromatic rings. The second-order valence-corrected chi connectivity index (χ2v) is 9.08. The molecule has 10 heteroatoms. The lowest BCUT2D eigenvalue weighted by Crippen LogP contribution is -2.40. The topological polar surface area (TPSA) is 110 Å². The molecular formula is C24H32N4O5S. The zero-order chi connectivity index (χ0) is 24.3. The molecule has 1 aromatic carbocycles. The molecule has 1 aliphatic rings. The minimum absolute atomic E-state index is 0.0501. The fraction of sp³-hybridized carbons (Fsp3) is 0.500. The Morgan fingerprint density at radius 3 is 2.50 bits per heavy atom. The molecule has 184 valence electrons.